The van der Waals surface area contributed by atoms with E-state index in [0.29, 0.717) is 18.0 Å². The lowest BCUT2D eigenvalue weighted by Crippen LogP contribution is -2.46. The SMILES string of the molecule is CC(=O)OC1C[C@@H]2C[C@H](OC(=O)c3ccccc3)C[C@H]1N2C. The standard InChI is InChI=1S/C17H21NO4/c1-11(19)21-16-9-13-8-14(10-15(16)18(13)2)22-17(20)12-6-4-3-5-7-12/h3-7,13-16H,8-10H2,1-2H3/t13-,14-,15+,16?/m0/s1. The van der Waals surface area contributed by atoms with Gasteiger partial charge in [0.15, 0.2) is 0 Å². The predicted molar refractivity (Wildman–Crippen MR) is 80.4 cm³/mol. The van der Waals surface area contributed by atoms with Crippen LogP contribution in [0, 0.1) is 0 Å². The third-order valence-electron chi connectivity index (χ3n) is 4.67. The van der Waals surface area contributed by atoms with Gasteiger partial charge < -0.3 is 9.47 Å². The Morgan fingerprint density at radius 2 is 1.82 bits per heavy atom. The van der Waals surface area contributed by atoms with Crippen LogP contribution in [-0.4, -0.2) is 48.2 Å². The van der Waals surface area contributed by atoms with Crippen LogP contribution in [-0.2, 0) is 14.3 Å². The second kappa shape index (κ2) is 6.08. The van der Waals surface area contributed by atoms with Crippen LogP contribution in [0.25, 0.3) is 0 Å². The summed E-state index contributed by atoms with van der Waals surface area (Å²) in [7, 11) is 2.05. The van der Waals surface area contributed by atoms with Gasteiger partial charge in [0.2, 0.25) is 0 Å². The van der Waals surface area contributed by atoms with E-state index in [4.69, 9.17) is 9.47 Å². The molecule has 2 bridgehead atoms. The number of hydrogen-bond acceptors (Lipinski definition) is 5. The summed E-state index contributed by atoms with van der Waals surface area (Å²) < 4.78 is 11.1. The highest BCUT2D eigenvalue weighted by Crippen LogP contribution is 2.37. The van der Waals surface area contributed by atoms with E-state index in [1.165, 1.54) is 6.92 Å². The predicted octanol–water partition coefficient (Wildman–Crippen LogP) is 2.01. The fraction of sp³-hybridized carbons (Fsp3) is 0.529. The van der Waals surface area contributed by atoms with Crippen molar-refractivity contribution in [3.63, 3.8) is 0 Å². The van der Waals surface area contributed by atoms with Crippen LogP contribution < -0.4 is 0 Å². The number of ether oxygens (including phenoxy) is 2. The number of likely N-dealkylation sites (N-methyl/N-ethyl adjacent to an activating group) is 1. The quantitative estimate of drug-likeness (QED) is 0.800. The zero-order valence-corrected chi connectivity index (χ0v) is 12.9. The summed E-state index contributed by atoms with van der Waals surface area (Å²) in [5.41, 5.74) is 0.574. The Balaban J connectivity index is 1.64. The molecule has 2 saturated heterocycles. The highest BCUT2D eigenvalue weighted by Gasteiger charge is 2.47. The van der Waals surface area contributed by atoms with Gasteiger partial charge in [-0.05, 0) is 19.2 Å². The molecule has 2 fully saturated rings. The van der Waals surface area contributed by atoms with E-state index >= 15 is 0 Å². The van der Waals surface area contributed by atoms with Gasteiger partial charge in [-0.3, -0.25) is 9.69 Å². The molecule has 0 radical (unpaired) electrons. The Morgan fingerprint density at radius 3 is 2.50 bits per heavy atom. The molecule has 0 aliphatic carbocycles. The van der Waals surface area contributed by atoms with Crippen molar-refractivity contribution in [1.82, 2.24) is 4.90 Å². The smallest absolute Gasteiger partial charge is 0.338 e. The van der Waals surface area contributed by atoms with E-state index in [-0.39, 0.29) is 30.2 Å². The molecular weight excluding hydrogens is 282 g/mol. The molecule has 3 rings (SSSR count). The molecule has 1 unspecified atom stereocenters. The molecule has 0 aromatic heterocycles. The molecular formula is C17H21NO4. The van der Waals surface area contributed by atoms with Crippen molar-refractivity contribution in [2.45, 2.75) is 50.5 Å². The molecule has 0 amide bonds. The molecule has 5 nitrogen and oxygen atoms in total. The fourth-order valence-electron chi connectivity index (χ4n) is 3.60. The Hall–Kier alpha value is -1.88. The van der Waals surface area contributed by atoms with Gasteiger partial charge in [0, 0.05) is 32.2 Å². The van der Waals surface area contributed by atoms with Gasteiger partial charge in [-0.15, -0.1) is 0 Å². The van der Waals surface area contributed by atoms with Crippen LogP contribution in [0.15, 0.2) is 30.3 Å². The lowest BCUT2D eigenvalue weighted by Gasteiger charge is -2.36. The summed E-state index contributed by atoms with van der Waals surface area (Å²) in [4.78, 5) is 25.6. The number of hydrogen-bond donors (Lipinski definition) is 0. The molecule has 2 heterocycles. The number of rotatable bonds is 3. The Kier molecular flexibility index (Phi) is 4.16. The average molecular weight is 303 g/mol. The van der Waals surface area contributed by atoms with Crippen molar-refractivity contribution < 1.29 is 19.1 Å². The highest BCUT2D eigenvalue weighted by molar-refractivity contribution is 5.89. The summed E-state index contributed by atoms with van der Waals surface area (Å²) in [5.74, 6) is -0.526. The first kappa shape index (κ1) is 15.0. The van der Waals surface area contributed by atoms with E-state index < -0.39 is 0 Å². The molecule has 0 saturated carbocycles. The molecule has 4 atom stereocenters. The molecule has 0 spiro atoms. The van der Waals surface area contributed by atoms with Gasteiger partial charge in [0.1, 0.15) is 12.2 Å². The average Bonchev–Trinajstić information content (AvgIpc) is 2.67. The van der Waals surface area contributed by atoms with Crippen LogP contribution in [0.3, 0.4) is 0 Å². The first-order valence-electron chi connectivity index (χ1n) is 7.70. The topological polar surface area (TPSA) is 55.8 Å². The van der Waals surface area contributed by atoms with Crippen LogP contribution in [0.2, 0.25) is 0 Å². The second-order valence-electron chi connectivity index (χ2n) is 6.13. The second-order valence-corrected chi connectivity index (χ2v) is 6.13. The molecule has 22 heavy (non-hydrogen) atoms. The third-order valence-corrected chi connectivity index (χ3v) is 4.67. The molecule has 2 aliphatic heterocycles. The Morgan fingerprint density at radius 1 is 1.09 bits per heavy atom. The largest absolute Gasteiger partial charge is 0.461 e. The minimum atomic E-state index is -0.279. The van der Waals surface area contributed by atoms with Gasteiger partial charge in [-0.2, -0.15) is 0 Å². The monoisotopic (exact) mass is 303 g/mol. The first-order chi connectivity index (χ1) is 10.5. The van der Waals surface area contributed by atoms with E-state index in [9.17, 15) is 9.59 Å². The van der Waals surface area contributed by atoms with Crippen molar-refractivity contribution in [2.75, 3.05) is 7.05 Å². The van der Waals surface area contributed by atoms with E-state index in [1.54, 1.807) is 12.1 Å². The van der Waals surface area contributed by atoms with Gasteiger partial charge >= 0.3 is 11.9 Å². The van der Waals surface area contributed by atoms with Crippen molar-refractivity contribution in [1.29, 1.82) is 0 Å². The van der Waals surface area contributed by atoms with Crippen LogP contribution in [0.4, 0.5) is 0 Å². The molecule has 0 N–H and O–H groups in total. The summed E-state index contributed by atoms with van der Waals surface area (Å²) in [5, 5.41) is 0. The first-order valence-corrected chi connectivity index (χ1v) is 7.70. The zero-order valence-electron chi connectivity index (χ0n) is 12.9. The minimum absolute atomic E-state index is 0.0899. The van der Waals surface area contributed by atoms with Crippen LogP contribution in [0.5, 0.6) is 0 Å². The molecule has 1 aromatic carbocycles. The van der Waals surface area contributed by atoms with Crippen LogP contribution >= 0.6 is 0 Å². The number of fused-ring (bicyclic) bond motifs is 2. The van der Waals surface area contributed by atoms with Gasteiger partial charge in [0.25, 0.3) is 0 Å². The maximum absolute atomic E-state index is 12.2. The highest BCUT2D eigenvalue weighted by atomic mass is 16.6. The number of esters is 2. The van der Waals surface area contributed by atoms with Crippen molar-refractivity contribution in [2.24, 2.45) is 0 Å². The van der Waals surface area contributed by atoms with Crippen molar-refractivity contribution in [3.05, 3.63) is 35.9 Å². The van der Waals surface area contributed by atoms with Gasteiger partial charge in [0.05, 0.1) is 11.6 Å². The van der Waals surface area contributed by atoms with E-state index in [1.807, 2.05) is 25.2 Å². The molecule has 5 heteroatoms. The van der Waals surface area contributed by atoms with E-state index in [0.717, 1.165) is 12.8 Å². The normalized spacial score (nSPS) is 30.8. The zero-order chi connectivity index (χ0) is 15.7. The summed E-state index contributed by atoms with van der Waals surface area (Å²) in [6, 6.07) is 9.47. The van der Waals surface area contributed by atoms with Gasteiger partial charge in [-0.1, -0.05) is 18.2 Å². The number of benzene rings is 1. The number of carbonyl (C=O) groups is 2. The lowest BCUT2D eigenvalue weighted by atomic mass is 10.00. The molecule has 2 aliphatic rings. The maximum atomic E-state index is 12.2. The summed E-state index contributed by atoms with van der Waals surface area (Å²) in [6.07, 6.45) is 2.12. The minimum Gasteiger partial charge on any atom is -0.461 e. The van der Waals surface area contributed by atoms with Crippen molar-refractivity contribution in [3.8, 4) is 0 Å². The third kappa shape index (κ3) is 2.99. The lowest BCUT2D eigenvalue weighted by molar-refractivity contribution is -0.147. The molecule has 1 aromatic rings. The van der Waals surface area contributed by atoms with Crippen molar-refractivity contribution >= 4 is 11.9 Å². The number of carbonyl (C=O) groups excluding carboxylic acids is 2. The van der Waals surface area contributed by atoms with Gasteiger partial charge in [-0.25, -0.2) is 4.79 Å². The molecule has 118 valence electrons. The Labute approximate surface area is 130 Å². The summed E-state index contributed by atoms with van der Waals surface area (Å²) >= 11 is 0. The Bertz CT molecular complexity index is 559. The maximum Gasteiger partial charge on any atom is 0.338 e. The number of nitrogens with zero attached hydrogens (tertiary/aromatic N) is 1. The van der Waals surface area contributed by atoms with E-state index in [2.05, 4.69) is 4.90 Å². The van der Waals surface area contributed by atoms with Crippen LogP contribution in [0.1, 0.15) is 36.5 Å². The summed E-state index contributed by atoms with van der Waals surface area (Å²) in [6.45, 7) is 1.44. The fourth-order valence-corrected chi connectivity index (χ4v) is 3.60. The number of piperidine rings is 1.